The third-order valence-corrected chi connectivity index (χ3v) is 6.46. The summed E-state index contributed by atoms with van der Waals surface area (Å²) in [7, 11) is 2.18. The minimum atomic E-state index is -1.85. The number of quaternary nitrogens is 1. The second-order valence-corrected chi connectivity index (χ2v) is 9.02. The zero-order valence-corrected chi connectivity index (χ0v) is 19.1. The van der Waals surface area contributed by atoms with Crippen LogP contribution >= 0.6 is 0 Å². The lowest BCUT2D eigenvalue weighted by molar-refractivity contribution is -0.917. The van der Waals surface area contributed by atoms with E-state index >= 15 is 0 Å². The summed E-state index contributed by atoms with van der Waals surface area (Å²) in [5, 5.41) is 11.7. The van der Waals surface area contributed by atoms with Crippen molar-refractivity contribution < 1.29 is 23.9 Å². The number of likely N-dealkylation sites (tertiary alicyclic amines) is 1. The first-order valence-corrected chi connectivity index (χ1v) is 11.6. The maximum atomic E-state index is 13.4. The first kappa shape index (κ1) is 23.0. The van der Waals surface area contributed by atoms with E-state index in [2.05, 4.69) is 7.05 Å². The van der Waals surface area contributed by atoms with Crippen molar-refractivity contribution in [1.82, 2.24) is 0 Å². The van der Waals surface area contributed by atoms with Gasteiger partial charge in [0.05, 0.1) is 13.6 Å². The van der Waals surface area contributed by atoms with Crippen molar-refractivity contribution in [3.8, 4) is 5.75 Å². The Morgan fingerprint density at radius 1 is 0.939 bits per heavy atom. The molecule has 1 heterocycles. The van der Waals surface area contributed by atoms with Gasteiger partial charge in [0.2, 0.25) is 5.60 Å². The molecule has 0 radical (unpaired) electrons. The van der Waals surface area contributed by atoms with Gasteiger partial charge < -0.3 is 19.1 Å². The van der Waals surface area contributed by atoms with Crippen LogP contribution in [-0.2, 0) is 15.1 Å². The predicted molar refractivity (Wildman–Crippen MR) is 128 cm³/mol. The fourth-order valence-electron chi connectivity index (χ4n) is 4.57. The van der Waals surface area contributed by atoms with Gasteiger partial charge in [-0.2, -0.15) is 0 Å². The lowest BCUT2D eigenvalue weighted by Crippen LogP contribution is -2.56. The highest BCUT2D eigenvalue weighted by atomic mass is 16.6. The van der Waals surface area contributed by atoms with Crippen LogP contribution in [0.25, 0.3) is 0 Å². The van der Waals surface area contributed by atoms with E-state index in [1.54, 1.807) is 24.3 Å². The number of likely N-dealkylation sites (N-methyl/N-ethyl adjacent to an activating group) is 1. The summed E-state index contributed by atoms with van der Waals surface area (Å²) in [5.41, 5.74) is -0.837. The molecular weight excluding hydrogens is 414 g/mol. The van der Waals surface area contributed by atoms with E-state index < -0.39 is 11.6 Å². The Labute approximate surface area is 195 Å². The molecule has 0 amide bonds. The summed E-state index contributed by atoms with van der Waals surface area (Å²) in [6.45, 7) is 3.13. The normalized spacial score (nSPS) is 20.7. The molecule has 1 fully saturated rings. The Bertz CT molecular complexity index is 986. The Kier molecular flexibility index (Phi) is 7.11. The fourth-order valence-corrected chi connectivity index (χ4v) is 4.57. The number of rotatable bonds is 8. The van der Waals surface area contributed by atoms with Crippen LogP contribution < -0.4 is 4.74 Å². The number of piperidine rings is 1. The molecule has 0 aromatic heterocycles. The maximum absolute atomic E-state index is 13.4. The number of hydrogen-bond donors (Lipinski definition) is 1. The van der Waals surface area contributed by atoms with Crippen molar-refractivity contribution in [2.45, 2.75) is 24.5 Å². The molecule has 33 heavy (non-hydrogen) atoms. The van der Waals surface area contributed by atoms with Crippen LogP contribution in [0.2, 0.25) is 0 Å². The summed E-state index contributed by atoms with van der Waals surface area (Å²) in [4.78, 5) is 13.4. The van der Waals surface area contributed by atoms with Crippen molar-refractivity contribution in [2.75, 3.05) is 33.3 Å². The van der Waals surface area contributed by atoms with Crippen LogP contribution in [0.5, 0.6) is 5.75 Å². The summed E-state index contributed by atoms with van der Waals surface area (Å²) in [6, 6.07) is 27.8. The average molecular weight is 447 g/mol. The summed E-state index contributed by atoms with van der Waals surface area (Å²) in [6.07, 6.45) is 1.49. The third kappa shape index (κ3) is 5.44. The van der Waals surface area contributed by atoms with Crippen molar-refractivity contribution in [2.24, 2.45) is 0 Å². The Morgan fingerprint density at radius 3 is 2.06 bits per heavy atom. The molecule has 0 spiro atoms. The molecule has 1 N–H and O–H groups in total. The van der Waals surface area contributed by atoms with Gasteiger partial charge in [-0.15, -0.1) is 0 Å². The predicted octanol–water partition coefficient (Wildman–Crippen LogP) is 4.15. The van der Waals surface area contributed by atoms with Gasteiger partial charge in [0.25, 0.3) is 0 Å². The number of ether oxygens (including phenoxy) is 2. The molecule has 2 atom stereocenters. The standard InChI is InChI=1S/C28H32NO4/c1-29(20-21-32-25-16-9-4-10-17-25)19-11-18-26(22-29)33-27(30)28(31,23-12-5-2-6-13-23)24-14-7-3-8-15-24/h2-10,12-17,26,31H,11,18-22H2,1H3/q+1. The van der Waals surface area contributed by atoms with Crippen molar-refractivity contribution in [1.29, 1.82) is 0 Å². The van der Waals surface area contributed by atoms with E-state index in [0.717, 1.165) is 36.2 Å². The molecule has 4 rings (SSSR count). The van der Waals surface area contributed by atoms with E-state index in [9.17, 15) is 9.90 Å². The number of carbonyl (C=O) groups excluding carboxylic acids is 1. The minimum absolute atomic E-state index is 0.257. The lowest BCUT2D eigenvalue weighted by Gasteiger charge is -2.41. The van der Waals surface area contributed by atoms with Gasteiger partial charge in [0, 0.05) is 6.42 Å². The second kappa shape index (κ2) is 10.2. The molecule has 172 valence electrons. The smallest absolute Gasteiger partial charge is 0.348 e. The van der Waals surface area contributed by atoms with Gasteiger partial charge >= 0.3 is 5.97 Å². The highest BCUT2D eigenvalue weighted by Crippen LogP contribution is 2.32. The topological polar surface area (TPSA) is 55.8 Å². The van der Waals surface area contributed by atoms with Crippen LogP contribution in [0.4, 0.5) is 0 Å². The summed E-state index contributed by atoms with van der Waals surface area (Å²) < 4.78 is 12.6. The summed E-state index contributed by atoms with van der Waals surface area (Å²) >= 11 is 0. The zero-order chi connectivity index (χ0) is 23.2. The van der Waals surface area contributed by atoms with Gasteiger partial charge in [0.1, 0.15) is 25.4 Å². The number of aliphatic hydroxyl groups is 1. The van der Waals surface area contributed by atoms with Crippen LogP contribution in [0, 0.1) is 0 Å². The average Bonchev–Trinajstić information content (AvgIpc) is 2.85. The summed E-state index contributed by atoms with van der Waals surface area (Å²) in [5.74, 6) is 0.235. The van der Waals surface area contributed by atoms with Crippen LogP contribution in [0.15, 0.2) is 91.0 Å². The molecule has 0 aliphatic carbocycles. The van der Waals surface area contributed by atoms with E-state index in [1.807, 2.05) is 66.7 Å². The number of para-hydroxylation sites is 1. The van der Waals surface area contributed by atoms with Crippen molar-refractivity contribution in [3.63, 3.8) is 0 Å². The van der Waals surface area contributed by atoms with Gasteiger partial charge in [-0.25, -0.2) is 4.79 Å². The number of nitrogens with zero attached hydrogens (tertiary/aromatic N) is 1. The SMILES string of the molecule is C[N+]1(CCOc2ccccc2)CCCC(OC(=O)C(O)(c2ccccc2)c2ccccc2)C1. The van der Waals surface area contributed by atoms with E-state index in [0.29, 0.717) is 24.3 Å². The number of esters is 1. The number of hydrogen-bond acceptors (Lipinski definition) is 4. The molecule has 1 aliphatic heterocycles. The zero-order valence-electron chi connectivity index (χ0n) is 19.1. The Hall–Kier alpha value is -3.15. The second-order valence-electron chi connectivity index (χ2n) is 9.02. The molecule has 2 unspecified atom stereocenters. The van der Waals surface area contributed by atoms with E-state index in [4.69, 9.17) is 9.47 Å². The Morgan fingerprint density at radius 2 is 1.48 bits per heavy atom. The first-order valence-electron chi connectivity index (χ1n) is 11.6. The van der Waals surface area contributed by atoms with Crippen molar-refractivity contribution >= 4 is 5.97 Å². The molecule has 3 aromatic rings. The molecule has 5 nitrogen and oxygen atoms in total. The van der Waals surface area contributed by atoms with E-state index in [1.165, 1.54) is 0 Å². The minimum Gasteiger partial charge on any atom is -0.488 e. The molecule has 1 saturated heterocycles. The van der Waals surface area contributed by atoms with Crippen LogP contribution in [-0.4, -0.2) is 55.0 Å². The van der Waals surface area contributed by atoms with Crippen molar-refractivity contribution in [3.05, 3.63) is 102 Å². The number of benzene rings is 3. The molecule has 5 heteroatoms. The van der Waals surface area contributed by atoms with Gasteiger partial charge in [-0.05, 0) is 29.7 Å². The van der Waals surface area contributed by atoms with Crippen LogP contribution in [0.1, 0.15) is 24.0 Å². The molecule has 1 aliphatic rings. The molecule has 0 saturated carbocycles. The lowest BCUT2D eigenvalue weighted by atomic mass is 9.86. The maximum Gasteiger partial charge on any atom is 0.348 e. The van der Waals surface area contributed by atoms with Crippen LogP contribution in [0.3, 0.4) is 0 Å². The van der Waals surface area contributed by atoms with Gasteiger partial charge in [0.15, 0.2) is 6.10 Å². The highest BCUT2D eigenvalue weighted by Gasteiger charge is 2.44. The molecule has 3 aromatic carbocycles. The third-order valence-electron chi connectivity index (χ3n) is 6.46. The molecular formula is C28H32NO4+. The quantitative estimate of drug-likeness (QED) is 0.417. The van der Waals surface area contributed by atoms with E-state index in [-0.39, 0.29) is 6.10 Å². The Balaban J connectivity index is 1.44. The fraction of sp³-hybridized carbons (Fsp3) is 0.321. The van der Waals surface area contributed by atoms with Gasteiger partial charge in [-0.3, -0.25) is 0 Å². The van der Waals surface area contributed by atoms with Gasteiger partial charge in [-0.1, -0.05) is 78.9 Å². The highest BCUT2D eigenvalue weighted by molar-refractivity contribution is 5.85. The molecule has 0 bridgehead atoms. The largest absolute Gasteiger partial charge is 0.488 e. The first-order chi connectivity index (χ1) is 16.0. The number of carbonyl (C=O) groups is 1. The monoisotopic (exact) mass is 446 g/mol.